The van der Waals surface area contributed by atoms with E-state index in [0.29, 0.717) is 20.9 Å². The smallest absolute Gasteiger partial charge is 0.404 e. The van der Waals surface area contributed by atoms with Crippen molar-refractivity contribution in [2.45, 2.75) is 13.5 Å². The summed E-state index contributed by atoms with van der Waals surface area (Å²) in [6.45, 7) is 1.83. The molecule has 1 amide bonds. The Labute approximate surface area is 122 Å². The van der Waals surface area contributed by atoms with Crippen molar-refractivity contribution >= 4 is 38.6 Å². The molecule has 0 saturated carbocycles. The van der Waals surface area contributed by atoms with Gasteiger partial charge in [0.05, 0.1) is 20.3 Å². The zero-order valence-electron chi connectivity index (χ0n) is 10.8. The first-order chi connectivity index (χ1) is 9.34. The molecule has 0 aliphatic carbocycles. The highest BCUT2D eigenvalue weighted by Gasteiger charge is 2.24. The van der Waals surface area contributed by atoms with Crippen molar-refractivity contribution < 1.29 is 14.8 Å². The molecule has 2 N–H and O–H groups in total. The van der Waals surface area contributed by atoms with Crippen molar-refractivity contribution in [3.8, 4) is 0 Å². The predicted octanol–water partition coefficient (Wildman–Crippen LogP) is 2.93. The Morgan fingerprint density at radius 1 is 1.55 bits per heavy atom. The largest absolute Gasteiger partial charge is 0.465 e. The molecule has 7 nitrogen and oxygen atoms in total. The summed E-state index contributed by atoms with van der Waals surface area (Å²) in [6.07, 6.45) is -1.17. The van der Waals surface area contributed by atoms with Gasteiger partial charge in [-0.15, -0.1) is 0 Å². The SMILES string of the molecule is Cc1c(CNC(=O)O)c2c([N+](=O)[O-])c(Br)ccc2n1C. The number of carbonyl (C=O) groups is 1. The van der Waals surface area contributed by atoms with E-state index in [0.717, 1.165) is 5.69 Å². The van der Waals surface area contributed by atoms with E-state index in [9.17, 15) is 14.9 Å². The lowest BCUT2D eigenvalue weighted by Gasteiger charge is -2.03. The molecule has 106 valence electrons. The Bertz CT molecular complexity index is 723. The van der Waals surface area contributed by atoms with Crippen LogP contribution in [0, 0.1) is 17.0 Å². The van der Waals surface area contributed by atoms with Crippen LogP contribution in [0.3, 0.4) is 0 Å². The monoisotopic (exact) mass is 341 g/mol. The van der Waals surface area contributed by atoms with Crippen LogP contribution in [0.4, 0.5) is 10.5 Å². The lowest BCUT2D eigenvalue weighted by Crippen LogP contribution is -2.20. The van der Waals surface area contributed by atoms with Gasteiger partial charge in [0, 0.05) is 24.8 Å². The molecule has 1 heterocycles. The van der Waals surface area contributed by atoms with Crippen LogP contribution in [0.5, 0.6) is 0 Å². The molecule has 0 spiro atoms. The van der Waals surface area contributed by atoms with E-state index in [-0.39, 0.29) is 12.2 Å². The number of aryl methyl sites for hydroxylation is 1. The van der Waals surface area contributed by atoms with Crippen molar-refractivity contribution in [2.75, 3.05) is 0 Å². The van der Waals surface area contributed by atoms with Crippen molar-refractivity contribution in [1.82, 2.24) is 9.88 Å². The fourth-order valence-corrected chi connectivity index (χ4v) is 2.73. The van der Waals surface area contributed by atoms with E-state index in [1.807, 2.05) is 4.57 Å². The summed E-state index contributed by atoms with van der Waals surface area (Å²) in [6, 6.07) is 3.39. The number of nitrogens with zero attached hydrogens (tertiary/aromatic N) is 2. The average molecular weight is 342 g/mol. The number of benzene rings is 1. The normalized spacial score (nSPS) is 10.8. The molecule has 0 aliphatic rings. The van der Waals surface area contributed by atoms with Gasteiger partial charge in [-0.2, -0.15) is 0 Å². The highest BCUT2D eigenvalue weighted by atomic mass is 79.9. The number of hydrogen-bond acceptors (Lipinski definition) is 3. The van der Waals surface area contributed by atoms with E-state index >= 15 is 0 Å². The third kappa shape index (κ3) is 2.22. The number of fused-ring (bicyclic) bond motifs is 1. The zero-order chi connectivity index (χ0) is 15.0. The summed E-state index contributed by atoms with van der Waals surface area (Å²) in [7, 11) is 1.79. The quantitative estimate of drug-likeness (QED) is 0.662. The molecule has 0 saturated heterocycles. The second-order valence-electron chi connectivity index (χ2n) is 4.33. The van der Waals surface area contributed by atoms with Crippen LogP contribution in [-0.2, 0) is 13.6 Å². The van der Waals surface area contributed by atoms with Crippen LogP contribution in [0.25, 0.3) is 10.9 Å². The van der Waals surface area contributed by atoms with Crippen molar-refractivity contribution in [3.05, 3.63) is 38.0 Å². The van der Waals surface area contributed by atoms with Gasteiger partial charge in [-0.3, -0.25) is 10.1 Å². The minimum Gasteiger partial charge on any atom is -0.465 e. The summed E-state index contributed by atoms with van der Waals surface area (Å²) in [4.78, 5) is 21.5. The standard InChI is InChI=1S/C12H12BrN3O4/c1-6-7(5-14-12(17)18)10-9(15(6)2)4-3-8(13)11(10)16(19)20/h3-4,14H,5H2,1-2H3,(H,17,18). The summed E-state index contributed by atoms with van der Waals surface area (Å²) < 4.78 is 2.19. The first kappa shape index (κ1) is 14.3. The summed E-state index contributed by atoms with van der Waals surface area (Å²) in [5.41, 5.74) is 2.04. The third-order valence-electron chi connectivity index (χ3n) is 3.31. The molecule has 2 rings (SSSR count). The number of aromatic nitrogens is 1. The Morgan fingerprint density at radius 3 is 2.75 bits per heavy atom. The highest BCUT2D eigenvalue weighted by Crippen LogP contribution is 2.37. The van der Waals surface area contributed by atoms with E-state index < -0.39 is 11.0 Å². The van der Waals surface area contributed by atoms with E-state index in [1.54, 1.807) is 26.1 Å². The van der Waals surface area contributed by atoms with Crippen LogP contribution in [0.15, 0.2) is 16.6 Å². The number of halogens is 1. The van der Waals surface area contributed by atoms with E-state index in [1.165, 1.54) is 0 Å². The molecule has 0 radical (unpaired) electrons. The number of rotatable bonds is 3. The number of nitrogens with one attached hydrogen (secondary N) is 1. The molecule has 2 aromatic rings. The number of carboxylic acid groups (broad SMARTS) is 1. The lowest BCUT2D eigenvalue weighted by molar-refractivity contribution is -0.383. The molecule has 8 heteroatoms. The number of amides is 1. The minimum atomic E-state index is -1.17. The maximum Gasteiger partial charge on any atom is 0.404 e. The Morgan fingerprint density at radius 2 is 2.20 bits per heavy atom. The first-order valence-electron chi connectivity index (χ1n) is 5.72. The summed E-state index contributed by atoms with van der Waals surface area (Å²) in [5, 5.41) is 22.7. The topological polar surface area (TPSA) is 97.4 Å². The molecule has 1 aromatic carbocycles. The van der Waals surface area contributed by atoms with Gasteiger partial charge in [0.1, 0.15) is 0 Å². The summed E-state index contributed by atoms with van der Waals surface area (Å²) >= 11 is 3.18. The van der Waals surface area contributed by atoms with Crippen molar-refractivity contribution in [3.63, 3.8) is 0 Å². The Hall–Kier alpha value is -2.09. The number of hydrogen-bond donors (Lipinski definition) is 2. The Kier molecular flexibility index (Phi) is 3.67. The van der Waals surface area contributed by atoms with Crippen LogP contribution in [-0.4, -0.2) is 20.7 Å². The van der Waals surface area contributed by atoms with Crippen LogP contribution in [0.2, 0.25) is 0 Å². The van der Waals surface area contributed by atoms with Crippen LogP contribution in [0.1, 0.15) is 11.3 Å². The first-order valence-corrected chi connectivity index (χ1v) is 6.51. The average Bonchev–Trinajstić information content (AvgIpc) is 2.59. The maximum absolute atomic E-state index is 11.3. The lowest BCUT2D eigenvalue weighted by atomic mass is 10.1. The fourth-order valence-electron chi connectivity index (χ4n) is 2.25. The van der Waals surface area contributed by atoms with Gasteiger partial charge in [0.2, 0.25) is 0 Å². The molecule has 0 fully saturated rings. The van der Waals surface area contributed by atoms with Gasteiger partial charge in [0.15, 0.2) is 0 Å². The number of nitro groups is 1. The van der Waals surface area contributed by atoms with Crippen LogP contribution >= 0.6 is 15.9 Å². The third-order valence-corrected chi connectivity index (χ3v) is 3.95. The van der Waals surface area contributed by atoms with Gasteiger partial charge in [-0.05, 0) is 35.0 Å². The maximum atomic E-state index is 11.3. The molecule has 0 unspecified atom stereocenters. The second kappa shape index (κ2) is 5.12. The van der Waals surface area contributed by atoms with Gasteiger partial charge >= 0.3 is 6.09 Å². The molecule has 0 aliphatic heterocycles. The number of nitro benzene ring substituents is 1. The molecule has 0 atom stereocenters. The summed E-state index contributed by atoms with van der Waals surface area (Å²) in [5.74, 6) is 0. The van der Waals surface area contributed by atoms with Gasteiger partial charge < -0.3 is 15.0 Å². The van der Waals surface area contributed by atoms with Crippen molar-refractivity contribution in [1.29, 1.82) is 0 Å². The second-order valence-corrected chi connectivity index (χ2v) is 5.18. The molecular weight excluding hydrogens is 330 g/mol. The van der Waals surface area contributed by atoms with Crippen LogP contribution < -0.4 is 5.32 Å². The van der Waals surface area contributed by atoms with Gasteiger partial charge in [-0.1, -0.05) is 0 Å². The molecule has 20 heavy (non-hydrogen) atoms. The van der Waals surface area contributed by atoms with Gasteiger partial charge in [0.25, 0.3) is 5.69 Å². The fraction of sp³-hybridized carbons (Fsp3) is 0.250. The molecule has 0 bridgehead atoms. The van der Waals surface area contributed by atoms with Gasteiger partial charge in [-0.25, -0.2) is 4.79 Å². The minimum absolute atomic E-state index is 0.0236. The highest BCUT2D eigenvalue weighted by molar-refractivity contribution is 9.10. The zero-order valence-corrected chi connectivity index (χ0v) is 12.4. The molecule has 1 aromatic heterocycles. The van der Waals surface area contributed by atoms with Crippen molar-refractivity contribution in [2.24, 2.45) is 7.05 Å². The Balaban J connectivity index is 2.78. The predicted molar refractivity (Wildman–Crippen MR) is 76.9 cm³/mol. The van der Waals surface area contributed by atoms with E-state index in [2.05, 4.69) is 21.2 Å². The molecular formula is C12H12BrN3O4. The van der Waals surface area contributed by atoms with E-state index in [4.69, 9.17) is 5.11 Å².